The van der Waals surface area contributed by atoms with Gasteiger partial charge < -0.3 is 4.90 Å². The average Bonchev–Trinajstić information content (AvgIpc) is 2.55. The molecule has 0 saturated heterocycles. The minimum absolute atomic E-state index is 0.899. The quantitative estimate of drug-likeness (QED) is 0.806. The van der Waals surface area contributed by atoms with Crippen molar-refractivity contribution in [3.63, 3.8) is 0 Å². The third-order valence-corrected chi connectivity index (χ3v) is 4.39. The fraction of sp³-hybridized carbons (Fsp3) is 0.294. The summed E-state index contributed by atoms with van der Waals surface area (Å²) in [5, 5.41) is 9.49. The number of hydrogen-bond donors (Lipinski definition) is 0. The molecule has 0 aliphatic carbocycles. The second-order valence-electron chi connectivity index (χ2n) is 5.23. The Hall–Kier alpha value is -1.81. The molecule has 3 rings (SSSR count). The van der Waals surface area contributed by atoms with Crippen LogP contribution in [0.2, 0.25) is 0 Å². The van der Waals surface area contributed by atoms with Crippen LogP contribution in [0, 0.1) is 6.92 Å². The van der Waals surface area contributed by atoms with Crippen LogP contribution in [-0.2, 0) is 0 Å². The minimum Gasteiger partial charge on any atom is -0.351 e. The molecule has 0 atom stereocenters. The largest absolute Gasteiger partial charge is 0.351 e. The van der Waals surface area contributed by atoms with Crippen LogP contribution >= 0.6 is 11.8 Å². The second kappa shape index (κ2) is 6.31. The van der Waals surface area contributed by atoms with Crippen LogP contribution in [-0.4, -0.2) is 29.5 Å². The van der Waals surface area contributed by atoms with Gasteiger partial charge in [0.1, 0.15) is 5.03 Å². The summed E-state index contributed by atoms with van der Waals surface area (Å²) in [5.41, 5.74) is 4.09. The molecule has 4 heteroatoms. The van der Waals surface area contributed by atoms with Crippen LogP contribution in [0.15, 0.2) is 47.5 Å². The number of rotatable bonds is 3. The lowest BCUT2D eigenvalue weighted by atomic mass is 9.98. The van der Waals surface area contributed by atoms with E-state index in [1.807, 2.05) is 12.3 Å². The van der Waals surface area contributed by atoms with Gasteiger partial charge in [0, 0.05) is 13.1 Å². The van der Waals surface area contributed by atoms with E-state index in [2.05, 4.69) is 58.4 Å². The molecule has 0 fully saturated rings. The molecule has 1 aliphatic heterocycles. The third kappa shape index (κ3) is 3.27. The molecule has 0 N–H and O–H groups in total. The first-order valence-corrected chi connectivity index (χ1v) is 8.37. The fourth-order valence-electron chi connectivity index (χ4n) is 2.57. The minimum atomic E-state index is 0.899. The van der Waals surface area contributed by atoms with E-state index in [-0.39, 0.29) is 0 Å². The van der Waals surface area contributed by atoms with Crippen molar-refractivity contribution in [1.29, 1.82) is 0 Å². The van der Waals surface area contributed by atoms with Gasteiger partial charge in [0.25, 0.3) is 0 Å². The zero-order valence-corrected chi connectivity index (χ0v) is 13.2. The molecule has 1 aromatic heterocycles. The lowest BCUT2D eigenvalue weighted by Crippen LogP contribution is -2.29. The van der Waals surface area contributed by atoms with E-state index < -0.39 is 0 Å². The van der Waals surface area contributed by atoms with Crippen LogP contribution in [0.1, 0.15) is 17.5 Å². The Kier molecular flexibility index (Phi) is 4.25. The number of aryl methyl sites for hydroxylation is 1. The monoisotopic (exact) mass is 297 g/mol. The molecule has 0 saturated carbocycles. The van der Waals surface area contributed by atoms with Gasteiger partial charge in [-0.25, -0.2) is 0 Å². The van der Waals surface area contributed by atoms with Crippen molar-refractivity contribution in [2.45, 2.75) is 18.4 Å². The van der Waals surface area contributed by atoms with E-state index in [1.54, 1.807) is 11.8 Å². The molecule has 0 radical (unpaired) electrons. The van der Waals surface area contributed by atoms with Crippen molar-refractivity contribution in [3.05, 3.63) is 53.6 Å². The molecule has 108 valence electrons. The molecule has 0 unspecified atom stereocenters. The summed E-state index contributed by atoms with van der Waals surface area (Å²) in [7, 11) is 0. The Balaban J connectivity index is 1.73. The van der Waals surface area contributed by atoms with Crippen molar-refractivity contribution >= 4 is 23.2 Å². The zero-order chi connectivity index (χ0) is 14.7. The highest BCUT2D eigenvalue weighted by Crippen LogP contribution is 2.25. The summed E-state index contributed by atoms with van der Waals surface area (Å²) in [4.78, 5) is 2.27. The molecule has 21 heavy (non-hydrogen) atoms. The van der Waals surface area contributed by atoms with Crippen LogP contribution in [0.25, 0.3) is 5.57 Å². The molecular formula is C17H19N3S. The normalized spacial score (nSPS) is 15.0. The van der Waals surface area contributed by atoms with Crippen molar-refractivity contribution in [2.24, 2.45) is 0 Å². The summed E-state index contributed by atoms with van der Waals surface area (Å²) in [5.74, 6) is 0.965. The van der Waals surface area contributed by atoms with E-state index in [1.165, 1.54) is 16.7 Å². The van der Waals surface area contributed by atoms with Gasteiger partial charge in [0.05, 0.1) is 0 Å². The fourth-order valence-corrected chi connectivity index (χ4v) is 2.90. The summed E-state index contributed by atoms with van der Waals surface area (Å²) < 4.78 is 0. The number of benzene rings is 1. The summed E-state index contributed by atoms with van der Waals surface area (Å²) in [6.07, 6.45) is 5.37. The van der Waals surface area contributed by atoms with Gasteiger partial charge >= 0.3 is 0 Å². The molecule has 2 aromatic rings. The Morgan fingerprint density at radius 3 is 2.67 bits per heavy atom. The first-order chi connectivity index (χ1) is 10.3. The summed E-state index contributed by atoms with van der Waals surface area (Å²) in [6, 6.07) is 12.8. The standard InChI is InChI=1S/C17H19N3S/c1-13-4-3-5-15(12-13)14-8-10-20(11-9-14)16-6-7-17(21-2)19-18-16/h3-8,12H,9-11H2,1-2H3. The van der Waals surface area contributed by atoms with E-state index >= 15 is 0 Å². The zero-order valence-electron chi connectivity index (χ0n) is 12.4. The third-order valence-electron chi connectivity index (χ3n) is 3.76. The van der Waals surface area contributed by atoms with Crippen molar-refractivity contribution in [3.8, 4) is 0 Å². The lowest BCUT2D eigenvalue weighted by molar-refractivity contribution is 0.788. The van der Waals surface area contributed by atoms with Crippen molar-refractivity contribution in [1.82, 2.24) is 10.2 Å². The molecule has 1 aliphatic rings. The van der Waals surface area contributed by atoms with E-state index in [4.69, 9.17) is 0 Å². The van der Waals surface area contributed by atoms with Crippen LogP contribution < -0.4 is 4.90 Å². The Bertz CT molecular complexity index is 649. The van der Waals surface area contributed by atoms with Gasteiger partial charge in [-0.1, -0.05) is 35.9 Å². The lowest BCUT2D eigenvalue weighted by Gasteiger charge is -2.27. The predicted octanol–water partition coefficient (Wildman–Crippen LogP) is 3.80. The van der Waals surface area contributed by atoms with E-state index in [0.717, 1.165) is 30.4 Å². The number of anilines is 1. The predicted molar refractivity (Wildman–Crippen MR) is 89.8 cm³/mol. The number of aromatic nitrogens is 2. The molecule has 3 nitrogen and oxygen atoms in total. The van der Waals surface area contributed by atoms with Crippen LogP contribution in [0.3, 0.4) is 0 Å². The summed E-state index contributed by atoms with van der Waals surface area (Å²) in [6.45, 7) is 4.03. The molecule has 0 bridgehead atoms. The first kappa shape index (κ1) is 14.1. The molecule has 0 spiro atoms. The Morgan fingerprint density at radius 2 is 2.05 bits per heavy atom. The van der Waals surface area contributed by atoms with Gasteiger partial charge in [0.15, 0.2) is 5.82 Å². The maximum Gasteiger partial charge on any atom is 0.151 e. The number of hydrogen-bond acceptors (Lipinski definition) is 4. The molecule has 2 heterocycles. The van der Waals surface area contributed by atoms with Gasteiger partial charge in [-0.05, 0) is 42.9 Å². The van der Waals surface area contributed by atoms with Gasteiger partial charge in [-0.2, -0.15) is 0 Å². The van der Waals surface area contributed by atoms with Gasteiger partial charge in [-0.15, -0.1) is 22.0 Å². The maximum atomic E-state index is 4.31. The average molecular weight is 297 g/mol. The maximum absolute atomic E-state index is 4.31. The molecule has 0 amide bonds. The highest BCUT2D eigenvalue weighted by Gasteiger charge is 2.14. The van der Waals surface area contributed by atoms with Gasteiger partial charge in [-0.3, -0.25) is 0 Å². The first-order valence-electron chi connectivity index (χ1n) is 7.15. The van der Waals surface area contributed by atoms with E-state index in [9.17, 15) is 0 Å². The highest BCUT2D eigenvalue weighted by molar-refractivity contribution is 7.98. The molecular weight excluding hydrogens is 278 g/mol. The number of thioether (sulfide) groups is 1. The topological polar surface area (TPSA) is 29.0 Å². The van der Waals surface area contributed by atoms with Crippen LogP contribution in [0.5, 0.6) is 0 Å². The second-order valence-corrected chi connectivity index (χ2v) is 6.06. The van der Waals surface area contributed by atoms with Crippen LogP contribution in [0.4, 0.5) is 5.82 Å². The molecule has 1 aromatic carbocycles. The van der Waals surface area contributed by atoms with E-state index in [0.29, 0.717) is 0 Å². The SMILES string of the molecule is CSc1ccc(N2CC=C(c3cccc(C)c3)CC2)nn1. The summed E-state index contributed by atoms with van der Waals surface area (Å²) >= 11 is 1.62. The van der Waals surface area contributed by atoms with Crippen molar-refractivity contribution < 1.29 is 0 Å². The Morgan fingerprint density at radius 1 is 1.14 bits per heavy atom. The Labute approximate surface area is 130 Å². The highest BCUT2D eigenvalue weighted by atomic mass is 32.2. The van der Waals surface area contributed by atoms with Crippen molar-refractivity contribution in [2.75, 3.05) is 24.2 Å². The van der Waals surface area contributed by atoms with Gasteiger partial charge in [0.2, 0.25) is 0 Å². The smallest absolute Gasteiger partial charge is 0.151 e. The number of nitrogens with zero attached hydrogens (tertiary/aromatic N) is 3.